The Hall–Kier alpha value is -2.31. The number of nitrogens with zero attached hydrogens (tertiary/aromatic N) is 2. The Morgan fingerprint density at radius 1 is 1.08 bits per heavy atom. The van der Waals surface area contributed by atoms with Gasteiger partial charge in [-0.05, 0) is 30.7 Å². The van der Waals surface area contributed by atoms with E-state index in [0.29, 0.717) is 5.13 Å². The molecule has 4 nitrogen and oxygen atoms in total. The topological polar surface area (TPSA) is 54.9 Å². The number of carbonyl (C=O) groups excluding carboxylic acids is 1. The summed E-state index contributed by atoms with van der Waals surface area (Å²) in [5.41, 5.74) is 3.13. The number of hydrogen-bond acceptors (Lipinski definition) is 4. The van der Waals surface area contributed by atoms with Crippen molar-refractivity contribution in [3.63, 3.8) is 0 Å². The molecule has 6 heteroatoms. The first-order valence-corrected chi connectivity index (χ1v) is 8.86. The maximum absolute atomic E-state index is 12.0. The molecule has 1 aromatic heterocycles. The second-order valence-corrected chi connectivity index (χ2v) is 7.05. The molecule has 0 aliphatic rings. The lowest BCUT2D eigenvalue weighted by atomic mass is 10.1. The highest BCUT2D eigenvalue weighted by Crippen LogP contribution is 2.27. The molecule has 3 aromatic rings. The highest BCUT2D eigenvalue weighted by atomic mass is 79.9. The quantitative estimate of drug-likeness (QED) is 0.632. The molecule has 0 spiro atoms. The molecular formula is C18H14BrN3OS. The van der Waals surface area contributed by atoms with E-state index < -0.39 is 0 Å². The van der Waals surface area contributed by atoms with E-state index in [-0.39, 0.29) is 5.91 Å². The fraction of sp³-hybridized carbons (Fsp3) is 0.0556. The lowest BCUT2D eigenvalue weighted by Crippen LogP contribution is -2.07. The average molecular weight is 400 g/mol. The maximum atomic E-state index is 12.0. The summed E-state index contributed by atoms with van der Waals surface area (Å²) in [6.45, 7) is 2.03. The third-order valence-corrected chi connectivity index (χ3v) is 4.67. The molecule has 0 fully saturated rings. The van der Waals surface area contributed by atoms with Gasteiger partial charge >= 0.3 is 0 Å². The van der Waals surface area contributed by atoms with Crippen molar-refractivity contribution in [1.82, 2.24) is 10.2 Å². The van der Waals surface area contributed by atoms with E-state index in [1.807, 2.05) is 55.5 Å². The van der Waals surface area contributed by atoms with Crippen molar-refractivity contribution in [3.8, 4) is 10.6 Å². The molecule has 3 rings (SSSR count). The van der Waals surface area contributed by atoms with E-state index in [2.05, 4.69) is 31.4 Å². The standard InChI is InChI=1S/C18H14BrN3OS/c1-12-2-4-13(5-3-12)6-11-16(23)20-18-22-21-17(24-18)14-7-9-15(19)10-8-14/h2-11H,1H3,(H,20,22,23)/b11-6+. The first-order chi connectivity index (χ1) is 11.6. The molecule has 0 unspecified atom stereocenters. The van der Waals surface area contributed by atoms with Gasteiger partial charge < -0.3 is 0 Å². The van der Waals surface area contributed by atoms with E-state index in [1.54, 1.807) is 6.08 Å². The predicted molar refractivity (Wildman–Crippen MR) is 102 cm³/mol. The zero-order valence-electron chi connectivity index (χ0n) is 12.9. The summed E-state index contributed by atoms with van der Waals surface area (Å²) in [6, 6.07) is 15.7. The van der Waals surface area contributed by atoms with Crippen molar-refractivity contribution in [3.05, 3.63) is 70.2 Å². The molecule has 0 saturated carbocycles. The lowest BCUT2D eigenvalue weighted by molar-refractivity contribution is -0.111. The van der Waals surface area contributed by atoms with Crippen molar-refractivity contribution < 1.29 is 4.79 Å². The number of amides is 1. The Morgan fingerprint density at radius 2 is 1.79 bits per heavy atom. The van der Waals surface area contributed by atoms with Gasteiger partial charge in [-0.2, -0.15) is 0 Å². The predicted octanol–water partition coefficient (Wildman–Crippen LogP) is 4.93. The summed E-state index contributed by atoms with van der Waals surface area (Å²) in [5, 5.41) is 12.1. The number of halogens is 1. The molecule has 0 radical (unpaired) electrons. The van der Waals surface area contributed by atoms with Gasteiger partial charge in [0.2, 0.25) is 11.0 Å². The van der Waals surface area contributed by atoms with Gasteiger partial charge in [-0.3, -0.25) is 10.1 Å². The van der Waals surface area contributed by atoms with Gasteiger partial charge in [0.15, 0.2) is 0 Å². The molecule has 24 heavy (non-hydrogen) atoms. The monoisotopic (exact) mass is 399 g/mol. The number of nitrogens with one attached hydrogen (secondary N) is 1. The fourth-order valence-electron chi connectivity index (χ4n) is 1.98. The molecule has 0 atom stereocenters. The number of benzene rings is 2. The lowest BCUT2D eigenvalue weighted by Gasteiger charge is -1.96. The SMILES string of the molecule is Cc1ccc(/C=C/C(=O)Nc2nnc(-c3ccc(Br)cc3)s2)cc1. The van der Waals surface area contributed by atoms with Crippen LogP contribution in [0.15, 0.2) is 59.1 Å². The third-order valence-electron chi connectivity index (χ3n) is 3.25. The van der Waals surface area contributed by atoms with E-state index >= 15 is 0 Å². The zero-order valence-corrected chi connectivity index (χ0v) is 15.3. The number of carbonyl (C=O) groups is 1. The van der Waals surface area contributed by atoms with Gasteiger partial charge in [-0.15, -0.1) is 10.2 Å². The van der Waals surface area contributed by atoms with Crippen LogP contribution in [0.4, 0.5) is 5.13 Å². The van der Waals surface area contributed by atoms with Crippen LogP contribution >= 0.6 is 27.3 Å². The number of aromatic nitrogens is 2. The Bertz CT molecular complexity index is 870. The van der Waals surface area contributed by atoms with Crippen molar-refractivity contribution in [2.24, 2.45) is 0 Å². The summed E-state index contributed by atoms with van der Waals surface area (Å²) in [5.74, 6) is -0.228. The Morgan fingerprint density at radius 3 is 2.50 bits per heavy atom. The summed E-state index contributed by atoms with van der Waals surface area (Å²) in [6.07, 6.45) is 3.26. The van der Waals surface area contributed by atoms with Crippen molar-refractivity contribution in [1.29, 1.82) is 0 Å². The number of hydrogen-bond donors (Lipinski definition) is 1. The van der Waals surface area contributed by atoms with Crippen LogP contribution in [0.2, 0.25) is 0 Å². The van der Waals surface area contributed by atoms with Crippen LogP contribution in [0.1, 0.15) is 11.1 Å². The van der Waals surface area contributed by atoms with E-state index in [9.17, 15) is 4.79 Å². The molecule has 2 aromatic carbocycles. The van der Waals surface area contributed by atoms with Gasteiger partial charge in [0.25, 0.3) is 0 Å². The van der Waals surface area contributed by atoms with Crippen molar-refractivity contribution in [2.45, 2.75) is 6.92 Å². The highest BCUT2D eigenvalue weighted by Gasteiger charge is 2.08. The molecule has 1 heterocycles. The number of aryl methyl sites for hydroxylation is 1. The largest absolute Gasteiger partial charge is 0.297 e. The van der Waals surface area contributed by atoms with Gasteiger partial charge in [-0.25, -0.2) is 0 Å². The third kappa shape index (κ3) is 4.37. The maximum Gasteiger partial charge on any atom is 0.250 e. The van der Waals surface area contributed by atoms with Crippen molar-refractivity contribution in [2.75, 3.05) is 5.32 Å². The van der Waals surface area contributed by atoms with Gasteiger partial charge in [0, 0.05) is 16.1 Å². The summed E-state index contributed by atoms with van der Waals surface area (Å²) in [4.78, 5) is 12.0. The minimum atomic E-state index is -0.228. The van der Waals surface area contributed by atoms with E-state index in [1.165, 1.54) is 23.0 Å². The second-order valence-electron chi connectivity index (χ2n) is 5.15. The molecule has 0 aliphatic heterocycles. The Kier molecular flexibility index (Phi) is 5.17. The van der Waals surface area contributed by atoms with Crippen LogP contribution in [-0.4, -0.2) is 16.1 Å². The van der Waals surface area contributed by atoms with Crippen molar-refractivity contribution >= 4 is 44.4 Å². The smallest absolute Gasteiger partial charge is 0.250 e. The van der Waals surface area contributed by atoms with Crippen LogP contribution in [0.5, 0.6) is 0 Å². The van der Waals surface area contributed by atoms with E-state index in [4.69, 9.17) is 0 Å². The van der Waals surface area contributed by atoms with Crippen LogP contribution in [0.3, 0.4) is 0 Å². The van der Waals surface area contributed by atoms with Crippen LogP contribution < -0.4 is 5.32 Å². The molecule has 1 amide bonds. The molecule has 0 aliphatic carbocycles. The first kappa shape index (κ1) is 16.5. The summed E-state index contributed by atoms with van der Waals surface area (Å²) < 4.78 is 1.01. The minimum Gasteiger partial charge on any atom is -0.297 e. The molecule has 1 N–H and O–H groups in total. The normalized spacial score (nSPS) is 10.9. The molecular weight excluding hydrogens is 386 g/mol. The molecule has 120 valence electrons. The first-order valence-electron chi connectivity index (χ1n) is 7.25. The van der Waals surface area contributed by atoms with E-state index in [0.717, 1.165) is 20.6 Å². The van der Waals surface area contributed by atoms with Gasteiger partial charge in [-0.1, -0.05) is 69.2 Å². The fourth-order valence-corrected chi connectivity index (χ4v) is 3.00. The molecule has 0 saturated heterocycles. The second kappa shape index (κ2) is 7.51. The van der Waals surface area contributed by atoms with Crippen LogP contribution in [-0.2, 0) is 4.79 Å². The van der Waals surface area contributed by atoms with Gasteiger partial charge in [0.05, 0.1) is 0 Å². The summed E-state index contributed by atoms with van der Waals surface area (Å²) in [7, 11) is 0. The Labute approximate surface area is 152 Å². The van der Waals surface area contributed by atoms with Crippen LogP contribution in [0, 0.1) is 6.92 Å². The van der Waals surface area contributed by atoms with Gasteiger partial charge in [0.1, 0.15) is 5.01 Å². The van der Waals surface area contributed by atoms with Crippen LogP contribution in [0.25, 0.3) is 16.6 Å². The highest BCUT2D eigenvalue weighted by molar-refractivity contribution is 9.10. The Balaban J connectivity index is 1.64. The average Bonchev–Trinajstić information content (AvgIpc) is 3.03. The minimum absolute atomic E-state index is 0.228. The zero-order chi connectivity index (χ0) is 16.9. The number of anilines is 1. The number of rotatable bonds is 4. The summed E-state index contributed by atoms with van der Waals surface area (Å²) >= 11 is 4.74. The molecule has 0 bridgehead atoms.